The van der Waals surface area contributed by atoms with Crippen LogP contribution in [0.4, 0.5) is 5.69 Å². The minimum atomic E-state index is -0.360. The summed E-state index contributed by atoms with van der Waals surface area (Å²) in [6, 6.07) is 12.7. The number of aromatic hydroxyl groups is 1. The van der Waals surface area contributed by atoms with Crippen molar-refractivity contribution < 1.29 is 9.90 Å². The fraction of sp³-hybridized carbons (Fsp3) is 0.278. The number of fused-ring (bicyclic) bond motifs is 1. The number of benzene rings is 2. The Morgan fingerprint density at radius 3 is 2.86 bits per heavy atom. The molecule has 0 saturated carbocycles. The van der Waals surface area contributed by atoms with E-state index in [2.05, 4.69) is 6.07 Å². The molecule has 0 bridgehead atoms. The Labute approximate surface area is 130 Å². The molecule has 0 spiro atoms. The number of carbonyl (C=O) groups is 1. The third-order valence-corrected chi connectivity index (χ3v) is 4.24. The highest BCUT2D eigenvalue weighted by Crippen LogP contribution is 2.30. The summed E-state index contributed by atoms with van der Waals surface area (Å²) in [5.41, 5.74) is 10.2. The number of anilines is 1. The SMILES string of the molecule is Cc1cc(O)ccc1C(N)CC(=O)N1CCc2ccccc21. The highest BCUT2D eigenvalue weighted by molar-refractivity contribution is 5.95. The molecule has 1 aliphatic heterocycles. The van der Waals surface area contributed by atoms with Gasteiger partial charge in [-0.3, -0.25) is 4.79 Å². The van der Waals surface area contributed by atoms with Crippen LogP contribution in [0.3, 0.4) is 0 Å². The van der Waals surface area contributed by atoms with E-state index in [1.54, 1.807) is 18.2 Å². The minimum absolute atomic E-state index is 0.0462. The summed E-state index contributed by atoms with van der Waals surface area (Å²) in [5, 5.41) is 9.47. The number of para-hydroxylation sites is 1. The van der Waals surface area contributed by atoms with E-state index in [4.69, 9.17) is 5.73 Å². The highest BCUT2D eigenvalue weighted by Gasteiger charge is 2.25. The second-order valence-corrected chi connectivity index (χ2v) is 5.78. The molecule has 0 radical (unpaired) electrons. The van der Waals surface area contributed by atoms with Gasteiger partial charge in [-0.2, -0.15) is 0 Å². The zero-order valence-electron chi connectivity index (χ0n) is 12.6. The Kier molecular flexibility index (Phi) is 3.86. The standard InChI is InChI=1S/C18H20N2O2/c1-12-10-14(21)6-7-15(12)16(19)11-18(22)20-9-8-13-4-2-3-5-17(13)20/h2-7,10,16,21H,8-9,11,19H2,1H3. The molecule has 1 heterocycles. The van der Waals surface area contributed by atoms with Crippen LogP contribution in [0, 0.1) is 6.92 Å². The van der Waals surface area contributed by atoms with E-state index in [0.29, 0.717) is 0 Å². The first-order valence-electron chi connectivity index (χ1n) is 7.49. The first-order valence-corrected chi connectivity index (χ1v) is 7.49. The van der Waals surface area contributed by atoms with Crippen LogP contribution in [0.1, 0.15) is 29.2 Å². The lowest BCUT2D eigenvalue weighted by Gasteiger charge is -2.21. The minimum Gasteiger partial charge on any atom is -0.508 e. The summed E-state index contributed by atoms with van der Waals surface area (Å²) >= 11 is 0. The van der Waals surface area contributed by atoms with Gasteiger partial charge < -0.3 is 15.7 Å². The lowest BCUT2D eigenvalue weighted by molar-refractivity contribution is -0.118. The summed E-state index contributed by atoms with van der Waals surface area (Å²) in [7, 11) is 0. The molecule has 0 fully saturated rings. The van der Waals surface area contributed by atoms with E-state index in [1.807, 2.05) is 30.0 Å². The number of phenolic OH excluding ortho intramolecular Hbond substituents is 1. The molecule has 3 rings (SSSR count). The quantitative estimate of drug-likeness (QED) is 0.915. The molecule has 0 aromatic heterocycles. The molecule has 1 amide bonds. The Hall–Kier alpha value is -2.33. The number of nitrogens with zero attached hydrogens (tertiary/aromatic N) is 1. The van der Waals surface area contributed by atoms with E-state index in [9.17, 15) is 9.90 Å². The molecule has 1 unspecified atom stereocenters. The lowest BCUT2D eigenvalue weighted by Crippen LogP contribution is -2.31. The molecule has 4 heteroatoms. The second-order valence-electron chi connectivity index (χ2n) is 5.78. The first-order chi connectivity index (χ1) is 10.6. The van der Waals surface area contributed by atoms with Crippen molar-refractivity contribution in [3.8, 4) is 5.75 Å². The average Bonchev–Trinajstić information content (AvgIpc) is 2.91. The predicted octanol–water partition coefficient (Wildman–Crippen LogP) is 2.68. The van der Waals surface area contributed by atoms with Crippen molar-refractivity contribution in [3.05, 3.63) is 59.2 Å². The molecule has 1 aliphatic rings. The number of carbonyl (C=O) groups excluding carboxylic acids is 1. The molecule has 0 saturated heterocycles. The molecule has 4 nitrogen and oxygen atoms in total. The summed E-state index contributed by atoms with van der Waals surface area (Å²) in [5.74, 6) is 0.262. The molecule has 1 atom stereocenters. The van der Waals surface area contributed by atoms with Gasteiger partial charge >= 0.3 is 0 Å². The van der Waals surface area contributed by atoms with Gasteiger partial charge in [0.15, 0.2) is 0 Å². The van der Waals surface area contributed by atoms with Crippen LogP contribution < -0.4 is 10.6 Å². The Balaban J connectivity index is 1.75. The third kappa shape index (κ3) is 2.70. The van der Waals surface area contributed by atoms with Crippen molar-refractivity contribution in [2.75, 3.05) is 11.4 Å². The fourth-order valence-corrected chi connectivity index (χ4v) is 3.08. The van der Waals surface area contributed by atoms with Crippen molar-refractivity contribution in [1.82, 2.24) is 0 Å². The first kappa shape index (κ1) is 14.6. The predicted molar refractivity (Wildman–Crippen MR) is 86.9 cm³/mol. The molecule has 114 valence electrons. The van der Waals surface area contributed by atoms with Crippen LogP contribution >= 0.6 is 0 Å². The van der Waals surface area contributed by atoms with Gasteiger partial charge in [-0.05, 0) is 48.2 Å². The van der Waals surface area contributed by atoms with E-state index in [-0.39, 0.29) is 24.1 Å². The maximum absolute atomic E-state index is 12.6. The highest BCUT2D eigenvalue weighted by atomic mass is 16.3. The van der Waals surface area contributed by atoms with E-state index < -0.39 is 0 Å². The van der Waals surface area contributed by atoms with E-state index in [0.717, 1.165) is 29.8 Å². The fourth-order valence-electron chi connectivity index (χ4n) is 3.08. The maximum Gasteiger partial charge on any atom is 0.228 e. The van der Waals surface area contributed by atoms with Gasteiger partial charge in [-0.1, -0.05) is 24.3 Å². The Bertz CT molecular complexity index is 712. The van der Waals surface area contributed by atoms with Crippen LogP contribution in [0.25, 0.3) is 0 Å². The van der Waals surface area contributed by atoms with Gasteiger partial charge in [0.2, 0.25) is 5.91 Å². The van der Waals surface area contributed by atoms with Crippen LogP contribution in [-0.2, 0) is 11.2 Å². The second kappa shape index (κ2) is 5.81. The van der Waals surface area contributed by atoms with Gasteiger partial charge in [0, 0.05) is 24.7 Å². The Morgan fingerprint density at radius 2 is 2.09 bits per heavy atom. The van der Waals surface area contributed by atoms with Gasteiger partial charge in [0.05, 0.1) is 0 Å². The zero-order chi connectivity index (χ0) is 15.7. The monoisotopic (exact) mass is 296 g/mol. The number of aryl methyl sites for hydroxylation is 1. The molecule has 2 aromatic rings. The van der Waals surface area contributed by atoms with Crippen molar-refractivity contribution >= 4 is 11.6 Å². The van der Waals surface area contributed by atoms with Crippen LogP contribution in [0.5, 0.6) is 5.75 Å². The summed E-state index contributed by atoms with van der Waals surface area (Å²) in [4.78, 5) is 14.4. The normalized spacial score (nSPS) is 14.7. The number of amides is 1. The summed E-state index contributed by atoms with van der Waals surface area (Å²) < 4.78 is 0. The largest absolute Gasteiger partial charge is 0.508 e. The van der Waals surface area contributed by atoms with Crippen LogP contribution in [0.2, 0.25) is 0 Å². The van der Waals surface area contributed by atoms with E-state index in [1.165, 1.54) is 5.56 Å². The smallest absolute Gasteiger partial charge is 0.228 e. The van der Waals surface area contributed by atoms with Crippen molar-refractivity contribution in [2.24, 2.45) is 5.73 Å². The lowest BCUT2D eigenvalue weighted by atomic mass is 9.98. The molecule has 3 N–H and O–H groups in total. The number of hydrogen-bond donors (Lipinski definition) is 2. The third-order valence-electron chi connectivity index (χ3n) is 4.24. The summed E-state index contributed by atoms with van der Waals surface area (Å²) in [6.07, 6.45) is 1.16. The number of rotatable bonds is 3. The van der Waals surface area contributed by atoms with Gasteiger partial charge in [-0.15, -0.1) is 0 Å². The Morgan fingerprint density at radius 1 is 1.32 bits per heavy atom. The van der Waals surface area contributed by atoms with Crippen LogP contribution in [0.15, 0.2) is 42.5 Å². The zero-order valence-corrected chi connectivity index (χ0v) is 12.6. The number of nitrogens with two attached hydrogens (primary N) is 1. The van der Waals surface area contributed by atoms with E-state index >= 15 is 0 Å². The summed E-state index contributed by atoms with van der Waals surface area (Å²) in [6.45, 7) is 2.62. The molecule has 0 aliphatic carbocycles. The molecule has 2 aromatic carbocycles. The van der Waals surface area contributed by atoms with Crippen molar-refractivity contribution in [2.45, 2.75) is 25.8 Å². The van der Waals surface area contributed by atoms with Crippen LogP contribution in [-0.4, -0.2) is 17.6 Å². The maximum atomic E-state index is 12.6. The van der Waals surface area contributed by atoms with Gasteiger partial charge in [0.1, 0.15) is 5.75 Å². The molecule has 22 heavy (non-hydrogen) atoms. The van der Waals surface area contributed by atoms with Gasteiger partial charge in [0.25, 0.3) is 0 Å². The molecular formula is C18H20N2O2. The number of hydrogen-bond acceptors (Lipinski definition) is 3. The van der Waals surface area contributed by atoms with Crippen molar-refractivity contribution in [1.29, 1.82) is 0 Å². The number of phenols is 1. The van der Waals surface area contributed by atoms with Crippen molar-refractivity contribution in [3.63, 3.8) is 0 Å². The van der Waals surface area contributed by atoms with Gasteiger partial charge in [-0.25, -0.2) is 0 Å². The average molecular weight is 296 g/mol. The molecular weight excluding hydrogens is 276 g/mol. The topological polar surface area (TPSA) is 66.6 Å².